The third kappa shape index (κ3) is 4.21. The number of nitrogens with one attached hydrogen (secondary N) is 1. The monoisotopic (exact) mass is 454 g/mol. The molecule has 2 aromatic carbocycles. The third-order valence-corrected chi connectivity index (χ3v) is 6.51. The number of fused-ring (bicyclic) bond motifs is 1. The number of anilines is 2. The SMILES string of the molecule is CCc1ccccc1N1CCN(C(=O)C(C)Nc2c(-c3ccccc3)nc3cnccn23)CC1. The molecule has 1 fully saturated rings. The first-order valence-electron chi connectivity index (χ1n) is 11.9. The van der Waals surface area contributed by atoms with E-state index >= 15 is 0 Å². The van der Waals surface area contributed by atoms with E-state index in [1.54, 1.807) is 12.4 Å². The van der Waals surface area contributed by atoms with Gasteiger partial charge >= 0.3 is 0 Å². The molecule has 0 spiro atoms. The summed E-state index contributed by atoms with van der Waals surface area (Å²) in [6, 6.07) is 18.2. The zero-order valence-corrected chi connectivity index (χ0v) is 19.7. The van der Waals surface area contributed by atoms with Crippen molar-refractivity contribution in [2.75, 3.05) is 36.4 Å². The number of aromatic nitrogens is 3. The first-order chi connectivity index (χ1) is 16.7. The van der Waals surface area contributed by atoms with Crippen LogP contribution in [0.1, 0.15) is 19.4 Å². The van der Waals surface area contributed by atoms with E-state index in [1.165, 1.54) is 11.3 Å². The van der Waals surface area contributed by atoms with Gasteiger partial charge < -0.3 is 15.1 Å². The predicted molar refractivity (Wildman–Crippen MR) is 136 cm³/mol. The van der Waals surface area contributed by atoms with Crippen LogP contribution in [-0.4, -0.2) is 57.4 Å². The molecule has 1 aliphatic heterocycles. The highest BCUT2D eigenvalue weighted by molar-refractivity contribution is 5.86. The summed E-state index contributed by atoms with van der Waals surface area (Å²) in [7, 11) is 0. The predicted octanol–water partition coefficient (Wildman–Crippen LogP) is 4.11. The maximum Gasteiger partial charge on any atom is 0.244 e. The fourth-order valence-corrected chi connectivity index (χ4v) is 4.67. The molecule has 0 bridgehead atoms. The van der Waals surface area contributed by atoms with E-state index in [1.807, 2.05) is 52.8 Å². The van der Waals surface area contributed by atoms with Crippen LogP contribution in [0.25, 0.3) is 16.9 Å². The minimum atomic E-state index is -0.384. The van der Waals surface area contributed by atoms with Gasteiger partial charge in [-0.25, -0.2) is 4.98 Å². The first kappa shape index (κ1) is 21.9. The summed E-state index contributed by atoms with van der Waals surface area (Å²) < 4.78 is 1.96. The fraction of sp³-hybridized carbons (Fsp3) is 0.296. The molecule has 4 aromatic rings. The second-order valence-corrected chi connectivity index (χ2v) is 8.64. The maximum atomic E-state index is 13.4. The summed E-state index contributed by atoms with van der Waals surface area (Å²) in [5.74, 6) is 0.909. The second-order valence-electron chi connectivity index (χ2n) is 8.64. The smallest absolute Gasteiger partial charge is 0.244 e. The number of aryl methyl sites for hydroxylation is 1. The maximum absolute atomic E-state index is 13.4. The Bertz CT molecular complexity index is 1280. The number of amides is 1. The van der Waals surface area contributed by atoms with E-state index in [0.29, 0.717) is 13.1 Å². The summed E-state index contributed by atoms with van der Waals surface area (Å²) in [6.45, 7) is 7.22. The van der Waals surface area contributed by atoms with Crippen LogP contribution >= 0.6 is 0 Å². The standard InChI is InChI=1S/C27H30N6O/c1-3-21-9-7-8-12-23(21)31-15-17-32(18-16-31)27(34)20(2)29-26-25(22-10-5-4-6-11-22)30-24-19-28-13-14-33(24)26/h4-14,19-20,29H,3,15-18H2,1-2H3. The Labute approximate surface area is 200 Å². The summed E-state index contributed by atoms with van der Waals surface area (Å²) in [5, 5.41) is 3.46. The molecule has 7 heteroatoms. The number of carbonyl (C=O) groups excluding carboxylic acids is 1. The first-order valence-corrected chi connectivity index (χ1v) is 11.9. The van der Waals surface area contributed by atoms with Crippen LogP contribution < -0.4 is 10.2 Å². The topological polar surface area (TPSA) is 65.8 Å². The molecular weight excluding hydrogens is 424 g/mol. The van der Waals surface area contributed by atoms with Gasteiger partial charge in [-0.15, -0.1) is 0 Å². The Hall–Kier alpha value is -3.87. The molecule has 1 amide bonds. The number of rotatable bonds is 6. The van der Waals surface area contributed by atoms with Gasteiger partial charge in [0.15, 0.2) is 5.65 Å². The molecule has 1 atom stereocenters. The van der Waals surface area contributed by atoms with E-state index in [0.717, 1.165) is 42.2 Å². The lowest BCUT2D eigenvalue weighted by Gasteiger charge is -2.38. The van der Waals surface area contributed by atoms with Gasteiger partial charge in [0.05, 0.1) is 6.20 Å². The van der Waals surface area contributed by atoms with Gasteiger partial charge in [-0.3, -0.25) is 14.2 Å². The lowest BCUT2D eigenvalue weighted by Crippen LogP contribution is -2.52. The van der Waals surface area contributed by atoms with E-state index in [4.69, 9.17) is 4.98 Å². The van der Waals surface area contributed by atoms with Gasteiger partial charge in [0.1, 0.15) is 17.6 Å². The van der Waals surface area contributed by atoms with Crippen molar-refractivity contribution in [1.82, 2.24) is 19.3 Å². The Morgan fingerprint density at radius 2 is 1.76 bits per heavy atom. The Morgan fingerprint density at radius 1 is 1.03 bits per heavy atom. The molecule has 3 heterocycles. The molecule has 5 rings (SSSR count). The van der Waals surface area contributed by atoms with Crippen LogP contribution in [-0.2, 0) is 11.2 Å². The zero-order chi connectivity index (χ0) is 23.5. The van der Waals surface area contributed by atoms with Gasteiger partial charge in [-0.1, -0.05) is 55.5 Å². The summed E-state index contributed by atoms with van der Waals surface area (Å²) in [6.07, 6.45) is 6.35. The molecular formula is C27H30N6O. The molecule has 2 aromatic heterocycles. The highest BCUT2D eigenvalue weighted by Gasteiger charge is 2.27. The molecule has 0 saturated carbocycles. The van der Waals surface area contributed by atoms with Crippen molar-refractivity contribution >= 4 is 23.1 Å². The van der Waals surface area contributed by atoms with Crippen molar-refractivity contribution < 1.29 is 4.79 Å². The van der Waals surface area contributed by atoms with Gasteiger partial charge in [0.25, 0.3) is 0 Å². The molecule has 1 saturated heterocycles. The van der Waals surface area contributed by atoms with Crippen LogP contribution in [0.15, 0.2) is 73.2 Å². The molecule has 1 N–H and O–H groups in total. The number of imidazole rings is 1. The number of nitrogens with zero attached hydrogens (tertiary/aromatic N) is 5. The Morgan fingerprint density at radius 3 is 2.53 bits per heavy atom. The molecule has 34 heavy (non-hydrogen) atoms. The summed E-state index contributed by atoms with van der Waals surface area (Å²) in [5.41, 5.74) is 5.19. The zero-order valence-electron chi connectivity index (χ0n) is 19.7. The highest BCUT2D eigenvalue weighted by Crippen LogP contribution is 2.29. The number of para-hydroxylation sites is 1. The number of hydrogen-bond acceptors (Lipinski definition) is 5. The Balaban J connectivity index is 1.32. The Kier molecular flexibility index (Phi) is 6.16. The van der Waals surface area contributed by atoms with Crippen molar-refractivity contribution in [3.8, 4) is 11.3 Å². The van der Waals surface area contributed by atoms with Crippen LogP contribution in [0, 0.1) is 0 Å². The molecule has 0 aliphatic carbocycles. The second kappa shape index (κ2) is 9.55. The molecule has 0 radical (unpaired) electrons. The molecule has 7 nitrogen and oxygen atoms in total. The number of benzene rings is 2. The average Bonchev–Trinajstić information content (AvgIpc) is 3.27. The van der Waals surface area contributed by atoms with Crippen molar-refractivity contribution in [3.05, 3.63) is 78.8 Å². The van der Waals surface area contributed by atoms with Crippen LogP contribution in [0.3, 0.4) is 0 Å². The van der Waals surface area contributed by atoms with Crippen molar-refractivity contribution in [2.24, 2.45) is 0 Å². The molecule has 1 unspecified atom stereocenters. The van der Waals surface area contributed by atoms with Crippen LogP contribution in [0.2, 0.25) is 0 Å². The van der Waals surface area contributed by atoms with E-state index in [-0.39, 0.29) is 11.9 Å². The third-order valence-electron chi connectivity index (χ3n) is 6.51. The van der Waals surface area contributed by atoms with Gasteiger partial charge in [-0.2, -0.15) is 0 Å². The molecule has 1 aliphatic rings. The van der Waals surface area contributed by atoms with Crippen molar-refractivity contribution in [1.29, 1.82) is 0 Å². The quantitative estimate of drug-likeness (QED) is 0.475. The number of piperazine rings is 1. The summed E-state index contributed by atoms with van der Waals surface area (Å²) in [4.78, 5) is 26.7. The number of hydrogen-bond donors (Lipinski definition) is 1. The lowest BCUT2D eigenvalue weighted by molar-refractivity contribution is -0.131. The number of carbonyl (C=O) groups is 1. The van der Waals surface area contributed by atoms with Crippen LogP contribution in [0.4, 0.5) is 11.5 Å². The minimum absolute atomic E-state index is 0.103. The average molecular weight is 455 g/mol. The van der Waals surface area contributed by atoms with Gasteiger partial charge in [0, 0.05) is 49.8 Å². The normalized spacial score (nSPS) is 14.9. The van der Waals surface area contributed by atoms with Gasteiger partial charge in [-0.05, 0) is 25.0 Å². The van der Waals surface area contributed by atoms with Gasteiger partial charge in [0.2, 0.25) is 5.91 Å². The highest BCUT2D eigenvalue weighted by atomic mass is 16.2. The molecule has 174 valence electrons. The fourth-order valence-electron chi connectivity index (χ4n) is 4.67. The van der Waals surface area contributed by atoms with E-state index in [9.17, 15) is 4.79 Å². The van der Waals surface area contributed by atoms with Crippen LogP contribution in [0.5, 0.6) is 0 Å². The van der Waals surface area contributed by atoms with Crippen molar-refractivity contribution in [2.45, 2.75) is 26.3 Å². The minimum Gasteiger partial charge on any atom is -0.368 e. The summed E-state index contributed by atoms with van der Waals surface area (Å²) >= 11 is 0. The van der Waals surface area contributed by atoms with E-state index < -0.39 is 0 Å². The lowest BCUT2D eigenvalue weighted by atomic mass is 10.1. The van der Waals surface area contributed by atoms with Crippen molar-refractivity contribution in [3.63, 3.8) is 0 Å². The van der Waals surface area contributed by atoms with E-state index in [2.05, 4.69) is 46.4 Å². The largest absolute Gasteiger partial charge is 0.368 e.